The maximum Gasteiger partial charge on any atom is 0.323 e. The molecule has 1 saturated carbocycles. The van der Waals surface area contributed by atoms with Crippen LogP contribution in [0.25, 0.3) is 11.4 Å². The van der Waals surface area contributed by atoms with Crippen molar-refractivity contribution >= 4 is 33.8 Å². The number of morpholine rings is 1. The number of hydrogen-bond donors (Lipinski definition) is 4. The van der Waals surface area contributed by atoms with Crippen molar-refractivity contribution in [2.45, 2.75) is 37.0 Å². The Labute approximate surface area is 217 Å². The van der Waals surface area contributed by atoms with Gasteiger partial charge in [-0.05, 0) is 43.5 Å². The minimum atomic E-state index is -2.85. The van der Waals surface area contributed by atoms with Crippen molar-refractivity contribution in [3.8, 4) is 11.4 Å². The first kappa shape index (κ1) is 25.5. The summed E-state index contributed by atoms with van der Waals surface area (Å²) in [4.78, 5) is 24.3. The fraction of sp³-hybridized carbons (Fsp3) is 0.440. The molecule has 1 saturated heterocycles. The fourth-order valence-corrected chi connectivity index (χ4v) is 6.05. The zero-order valence-electron chi connectivity index (χ0n) is 21.2. The average Bonchev–Trinajstić information content (AvgIpc) is 3.62. The Kier molecular flexibility index (Phi) is 6.84. The van der Waals surface area contributed by atoms with Gasteiger partial charge in [0.1, 0.15) is 10.6 Å². The van der Waals surface area contributed by atoms with E-state index in [1.165, 1.54) is 6.26 Å². The molecular formula is C25H33N7O4S. The minimum Gasteiger partial charge on any atom is -0.377 e. The number of urea groups is 1. The van der Waals surface area contributed by atoms with Crippen LogP contribution in [0.4, 0.5) is 22.0 Å². The number of anilines is 3. The summed E-state index contributed by atoms with van der Waals surface area (Å²) in [6.07, 6.45) is 7.04. The third kappa shape index (κ3) is 5.28. The normalized spacial score (nSPS) is 19.4. The number of amides is 2. The molecule has 12 heteroatoms. The standard InChI is InChI=1S/C25H33N7O4S/c1-4-20-16-36-12-11-32(20)22-13-21(25(9-10-25)37(3,34)35)29-23(30-22)17-5-7-18(8-6-17)27-24(33)28-19-14-26-31(2)15-19/h5-8,13-15,20,34-35H,4,9-12,16H2,1-3H3,(H2,27,28,33)/t20-/m0/s1. The van der Waals surface area contributed by atoms with E-state index in [0.29, 0.717) is 55.5 Å². The highest BCUT2D eigenvalue weighted by atomic mass is 32.3. The monoisotopic (exact) mass is 527 g/mol. The van der Waals surface area contributed by atoms with Crippen molar-refractivity contribution in [1.29, 1.82) is 0 Å². The number of ether oxygens (including phenoxy) is 1. The highest BCUT2D eigenvalue weighted by Gasteiger charge is 2.55. The zero-order valence-corrected chi connectivity index (χ0v) is 22.0. The molecule has 2 fully saturated rings. The van der Waals surface area contributed by atoms with Gasteiger partial charge in [0.15, 0.2) is 5.82 Å². The second-order valence-corrected chi connectivity index (χ2v) is 12.1. The van der Waals surface area contributed by atoms with E-state index in [1.807, 2.05) is 18.2 Å². The molecular weight excluding hydrogens is 494 g/mol. The summed E-state index contributed by atoms with van der Waals surface area (Å²) >= 11 is 0. The third-order valence-electron chi connectivity index (χ3n) is 6.98. The van der Waals surface area contributed by atoms with E-state index in [1.54, 1.807) is 36.3 Å². The van der Waals surface area contributed by atoms with Gasteiger partial charge in [-0.25, -0.2) is 14.8 Å². The Morgan fingerprint density at radius 2 is 1.92 bits per heavy atom. The summed E-state index contributed by atoms with van der Waals surface area (Å²) < 4.78 is 27.8. The van der Waals surface area contributed by atoms with Gasteiger partial charge in [-0.3, -0.25) is 13.8 Å². The van der Waals surface area contributed by atoms with Crippen LogP contribution < -0.4 is 15.5 Å². The Hall–Kier alpha value is -3.19. The smallest absolute Gasteiger partial charge is 0.323 e. The molecule has 1 aromatic carbocycles. The summed E-state index contributed by atoms with van der Waals surface area (Å²) in [7, 11) is -1.07. The van der Waals surface area contributed by atoms with Crippen LogP contribution in [-0.2, 0) is 16.5 Å². The first-order valence-electron chi connectivity index (χ1n) is 12.3. The van der Waals surface area contributed by atoms with Crippen LogP contribution in [0, 0.1) is 0 Å². The topological polar surface area (TPSA) is 138 Å². The second-order valence-electron chi connectivity index (χ2n) is 9.65. The van der Waals surface area contributed by atoms with Crippen LogP contribution in [0.2, 0.25) is 0 Å². The van der Waals surface area contributed by atoms with Crippen LogP contribution >= 0.6 is 10.6 Å². The number of nitrogens with one attached hydrogen (secondary N) is 2. The lowest BCUT2D eigenvalue weighted by Gasteiger charge is -2.39. The van der Waals surface area contributed by atoms with Crippen LogP contribution in [0.1, 0.15) is 31.9 Å². The summed E-state index contributed by atoms with van der Waals surface area (Å²) in [5.74, 6) is 1.28. The van der Waals surface area contributed by atoms with E-state index in [-0.39, 0.29) is 12.1 Å². The Morgan fingerprint density at radius 3 is 2.54 bits per heavy atom. The molecule has 0 spiro atoms. The van der Waals surface area contributed by atoms with E-state index in [9.17, 15) is 13.9 Å². The van der Waals surface area contributed by atoms with Crippen molar-refractivity contribution in [1.82, 2.24) is 19.7 Å². The van der Waals surface area contributed by atoms with Gasteiger partial charge in [0.2, 0.25) is 0 Å². The maximum atomic E-state index is 12.3. The van der Waals surface area contributed by atoms with Crippen LogP contribution in [0.5, 0.6) is 0 Å². The SMILES string of the molecule is CC[C@H]1COCCN1c1cc(C2(S(C)(O)O)CC2)nc(-c2ccc(NC(=O)Nc3cnn(C)c3)cc2)n1. The quantitative estimate of drug-likeness (QED) is 0.352. The number of aromatic nitrogens is 4. The van der Waals surface area contributed by atoms with Gasteiger partial charge < -0.3 is 20.3 Å². The molecule has 1 aliphatic heterocycles. The molecule has 0 bridgehead atoms. The van der Waals surface area contributed by atoms with Gasteiger partial charge in [0.05, 0.1) is 36.8 Å². The number of nitrogens with zero attached hydrogens (tertiary/aromatic N) is 5. The molecule has 1 atom stereocenters. The van der Waals surface area contributed by atoms with Gasteiger partial charge in [-0.15, -0.1) is 0 Å². The molecule has 2 amide bonds. The van der Waals surface area contributed by atoms with Crippen molar-refractivity contribution in [3.63, 3.8) is 0 Å². The van der Waals surface area contributed by atoms with Crippen molar-refractivity contribution in [2.75, 3.05) is 41.5 Å². The van der Waals surface area contributed by atoms with Gasteiger partial charge in [0, 0.05) is 43.4 Å². The van der Waals surface area contributed by atoms with E-state index in [4.69, 9.17) is 14.7 Å². The highest BCUT2D eigenvalue weighted by Crippen LogP contribution is 2.69. The average molecular weight is 528 g/mol. The molecule has 4 N–H and O–H groups in total. The van der Waals surface area contributed by atoms with E-state index in [2.05, 4.69) is 27.6 Å². The van der Waals surface area contributed by atoms with E-state index >= 15 is 0 Å². The summed E-state index contributed by atoms with van der Waals surface area (Å²) in [5.41, 5.74) is 2.64. The largest absolute Gasteiger partial charge is 0.377 e. The second kappa shape index (κ2) is 9.93. The molecule has 2 aromatic heterocycles. The summed E-state index contributed by atoms with van der Waals surface area (Å²) in [6, 6.07) is 9.01. The Balaban J connectivity index is 1.43. The number of carbonyl (C=O) groups is 1. The van der Waals surface area contributed by atoms with Crippen LogP contribution in [0.15, 0.2) is 42.7 Å². The minimum absolute atomic E-state index is 0.186. The van der Waals surface area contributed by atoms with Gasteiger partial charge >= 0.3 is 6.03 Å². The van der Waals surface area contributed by atoms with E-state index in [0.717, 1.165) is 17.8 Å². The predicted octanol–water partition coefficient (Wildman–Crippen LogP) is 4.51. The Morgan fingerprint density at radius 1 is 1.19 bits per heavy atom. The predicted molar refractivity (Wildman–Crippen MR) is 145 cm³/mol. The number of rotatable bonds is 7. The molecule has 3 aromatic rings. The molecule has 5 rings (SSSR count). The molecule has 0 unspecified atom stereocenters. The van der Waals surface area contributed by atoms with Crippen molar-refractivity contribution in [2.24, 2.45) is 7.05 Å². The molecule has 198 valence electrons. The van der Waals surface area contributed by atoms with Gasteiger partial charge in [-0.1, -0.05) is 6.92 Å². The highest BCUT2D eigenvalue weighted by molar-refractivity contribution is 8.24. The molecule has 37 heavy (non-hydrogen) atoms. The lowest BCUT2D eigenvalue weighted by molar-refractivity contribution is 0.0925. The number of aryl methyl sites for hydroxylation is 1. The van der Waals surface area contributed by atoms with Crippen LogP contribution in [-0.4, -0.2) is 66.9 Å². The maximum absolute atomic E-state index is 12.3. The summed E-state index contributed by atoms with van der Waals surface area (Å²) in [6.45, 7) is 4.07. The number of hydrogen-bond acceptors (Lipinski definition) is 8. The van der Waals surface area contributed by atoms with Crippen molar-refractivity contribution < 1.29 is 18.6 Å². The fourth-order valence-electron chi connectivity index (χ4n) is 4.68. The number of carbonyl (C=O) groups excluding carboxylic acids is 1. The molecule has 3 heterocycles. The molecule has 2 aliphatic rings. The third-order valence-corrected chi connectivity index (χ3v) is 9.08. The lowest BCUT2D eigenvalue weighted by atomic mass is 10.1. The number of benzene rings is 1. The first-order chi connectivity index (χ1) is 17.7. The zero-order chi connectivity index (χ0) is 26.2. The van der Waals surface area contributed by atoms with Crippen molar-refractivity contribution in [3.05, 3.63) is 48.4 Å². The summed E-state index contributed by atoms with van der Waals surface area (Å²) in [5, 5.41) is 9.58. The Bertz CT molecular complexity index is 1270. The van der Waals surface area contributed by atoms with Gasteiger partial charge in [0.25, 0.3) is 0 Å². The van der Waals surface area contributed by atoms with E-state index < -0.39 is 15.3 Å². The first-order valence-corrected chi connectivity index (χ1v) is 14.3. The molecule has 0 radical (unpaired) electrons. The van der Waals surface area contributed by atoms with Crippen LogP contribution in [0.3, 0.4) is 0 Å². The molecule has 11 nitrogen and oxygen atoms in total. The molecule has 1 aliphatic carbocycles. The lowest BCUT2D eigenvalue weighted by Crippen LogP contribution is -2.45. The van der Waals surface area contributed by atoms with Gasteiger partial charge in [-0.2, -0.15) is 15.7 Å².